The van der Waals surface area contributed by atoms with E-state index in [4.69, 9.17) is 11.6 Å². The van der Waals surface area contributed by atoms with Crippen molar-refractivity contribution in [3.05, 3.63) is 70.9 Å². The molecule has 0 aliphatic heterocycles. The third-order valence-corrected chi connectivity index (χ3v) is 7.16. The van der Waals surface area contributed by atoms with Gasteiger partial charge in [-0.15, -0.1) is 0 Å². The van der Waals surface area contributed by atoms with Gasteiger partial charge in [0.15, 0.2) is 5.78 Å². The molecule has 1 N–H and O–H groups in total. The van der Waals surface area contributed by atoms with Gasteiger partial charge in [-0.1, -0.05) is 29.8 Å². The Morgan fingerprint density at radius 2 is 1.83 bits per heavy atom. The summed E-state index contributed by atoms with van der Waals surface area (Å²) in [5.41, 5.74) is 2.71. The van der Waals surface area contributed by atoms with E-state index >= 15 is 0 Å². The van der Waals surface area contributed by atoms with E-state index in [-0.39, 0.29) is 53.6 Å². The standard InChI is InChI=1S/C29H29ClFN7O3/c1-17(39)28-22-11-18(20-13-33-29(34-14-20)36(2)3)7-10-24(22)38(35-28)16-26(41)37(21-8-9-21)15-25(40)32-12-19-5-4-6-23(30)27(19)31/h4-7,10-11,13-14,21H,8-9,12,15-16H2,1-3H3,(H,32,40). The largest absolute Gasteiger partial charge is 0.350 e. The maximum absolute atomic E-state index is 14.2. The number of anilines is 1. The van der Waals surface area contributed by atoms with Crippen molar-refractivity contribution in [1.29, 1.82) is 0 Å². The molecule has 10 nitrogen and oxygen atoms in total. The number of halogens is 2. The van der Waals surface area contributed by atoms with Crippen molar-refractivity contribution < 1.29 is 18.8 Å². The molecule has 0 radical (unpaired) electrons. The number of nitrogens with one attached hydrogen (secondary N) is 1. The second-order valence-corrected chi connectivity index (χ2v) is 10.6. The predicted molar refractivity (Wildman–Crippen MR) is 153 cm³/mol. The third-order valence-electron chi connectivity index (χ3n) is 6.87. The van der Waals surface area contributed by atoms with Crippen LogP contribution in [0.2, 0.25) is 5.02 Å². The zero-order chi connectivity index (χ0) is 29.3. The number of Topliss-reactive ketones (excluding diaryl/α,β-unsaturated/α-hetero) is 1. The molecule has 0 spiro atoms. The average molecular weight is 578 g/mol. The van der Waals surface area contributed by atoms with Gasteiger partial charge in [0.1, 0.15) is 18.1 Å². The molecule has 2 aromatic carbocycles. The molecule has 0 unspecified atom stereocenters. The summed E-state index contributed by atoms with van der Waals surface area (Å²) in [6.45, 7) is 1.07. The molecule has 5 rings (SSSR count). The Hall–Kier alpha value is -4.38. The van der Waals surface area contributed by atoms with Crippen molar-refractivity contribution in [2.75, 3.05) is 25.5 Å². The van der Waals surface area contributed by atoms with E-state index in [0.29, 0.717) is 16.9 Å². The smallest absolute Gasteiger partial charge is 0.245 e. The van der Waals surface area contributed by atoms with Gasteiger partial charge in [-0.2, -0.15) is 5.10 Å². The molecule has 2 heterocycles. The highest BCUT2D eigenvalue weighted by molar-refractivity contribution is 6.30. The summed E-state index contributed by atoms with van der Waals surface area (Å²) < 4.78 is 15.7. The topological polar surface area (TPSA) is 113 Å². The monoisotopic (exact) mass is 577 g/mol. The normalized spacial score (nSPS) is 12.8. The van der Waals surface area contributed by atoms with E-state index in [0.717, 1.165) is 24.0 Å². The maximum atomic E-state index is 14.2. The van der Waals surface area contributed by atoms with Crippen LogP contribution in [0.15, 0.2) is 48.8 Å². The van der Waals surface area contributed by atoms with Crippen LogP contribution in [0.4, 0.5) is 10.3 Å². The number of amides is 2. The van der Waals surface area contributed by atoms with Crippen LogP contribution in [0.3, 0.4) is 0 Å². The van der Waals surface area contributed by atoms with Crippen LogP contribution in [0, 0.1) is 5.82 Å². The molecule has 41 heavy (non-hydrogen) atoms. The van der Waals surface area contributed by atoms with E-state index < -0.39 is 11.7 Å². The lowest BCUT2D eigenvalue weighted by Gasteiger charge is -2.22. The zero-order valence-electron chi connectivity index (χ0n) is 22.9. The number of benzene rings is 2. The molecule has 2 aromatic heterocycles. The number of carbonyl (C=O) groups is 3. The minimum absolute atomic E-state index is 0.0226. The quantitative estimate of drug-likeness (QED) is 0.285. The Balaban J connectivity index is 1.33. The molecule has 12 heteroatoms. The van der Waals surface area contributed by atoms with Crippen molar-refractivity contribution in [3.8, 4) is 11.1 Å². The van der Waals surface area contributed by atoms with Crippen LogP contribution < -0.4 is 10.2 Å². The molecule has 1 saturated carbocycles. The average Bonchev–Trinajstić information content (AvgIpc) is 3.73. The summed E-state index contributed by atoms with van der Waals surface area (Å²) in [5, 5.41) is 7.72. The predicted octanol–water partition coefficient (Wildman–Crippen LogP) is 3.86. The van der Waals surface area contributed by atoms with Gasteiger partial charge < -0.3 is 15.1 Å². The molecular weight excluding hydrogens is 549 g/mol. The minimum atomic E-state index is -0.585. The summed E-state index contributed by atoms with van der Waals surface area (Å²) in [4.78, 5) is 50.6. The maximum Gasteiger partial charge on any atom is 0.245 e. The lowest BCUT2D eigenvalue weighted by atomic mass is 10.0. The lowest BCUT2D eigenvalue weighted by molar-refractivity contribution is -0.137. The second kappa shape index (κ2) is 11.6. The Labute approximate surface area is 241 Å². The molecule has 0 bridgehead atoms. The number of hydrogen-bond donors (Lipinski definition) is 1. The van der Waals surface area contributed by atoms with Crippen molar-refractivity contribution in [2.45, 2.75) is 38.9 Å². The summed E-state index contributed by atoms with van der Waals surface area (Å²) in [6.07, 6.45) is 5.01. The molecule has 0 atom stereocenters. The number of rotatable bonds is 10. The number of fused-ring (bicyclic) bond motifs is 1. The van der Waals surface area contributed by atoms with Crippen molar-refractivity contribution in [3.63, 3.8) is 0 Å². The lowest BCUT2D eigenvalue weighted by Crippen LogP contribution is -2.43. The van der Waals surface area contributed by atoms with E-state index in [1.165, 1.54) is 28.6 Å². The summed E-state index contributed by atoms with van der Waals surface area (Å²) >= 11 is 5.82. The fraction of sp³-hybridized carbons (Fsp3) is 0.310. The summed E-state index contributed by atoms with van der Waals surface area (Å²) in [5.74, 6) is -0.947. The molecule has 4 aromatic rings. The highest BCUT2D eigenvalue weighted by atomic mass is 35.5. The van der Waals surface area contributed by atoms with Crippen LogP contribution in [0.25, 0.3) is 22.0 Å². The minimum Gasteiger partial charge on any atom is -0.350 e. The second-order valence-electron chi connectivity index (χ2n) is 10.2. The van der Waals surface area contributed by atoms with Gasteiger partial charge in [0, 0.05) is 62.5 Å². The summed E-state index contributed by atoms with van der Waals surface area (Å²) in [7, 11) is 3.71. The van der Waals surface area contributed by atoms with Gasteiger partial charge in [0.05, 0.1) is 17.1 Å². The highest BCUT2D eigenvalue weighted by Gasteiger charge is 2.34. The Morgan fingerprint density at radius 1 is 1.10 bits per heavy atom. The number of hydrogen-bond acceptors (Lipinski definition) is 7. The Morgan fingerprint density at radius 3 is 2.49 bits per heavy atom. The van der Waals surface area contributed by atoms with E-state index in [1.807, 2.05) is 32.3 Å². The van der Waals surface area contributed by atoms with Crippen LogP contribution in [0.5, 0.6) is 0 Å². The number of carbonyl (C=O) groups excluding carboxylic acids is 3. The van der Waals surface area contributed by atoms with Crippen LogP contribution in [0.1, 0.15) is 35.8 Å². The van der Waals surface area contributed by atoms with Gasteiger partial charge in [0.2, 0.25) is 17.8 Å². The molecule has 1 fully saturated rings. The first-order chi connectivity index (χ1) is 19.6. The van der Waals surface area contributed by atoms with E-state index in [2.05, 4.69) is 20.4 Å². The molecule has 2 amide bonds. The van der Waals surface area contributed by atoms with Gasteiger partial charge in [-0.3, -0.25) is 19.1 Å². The molecule has 1 aliphatic rings. The first kappa shape index (κ1) is 28.2. The van der Waals surface area contributed by atoms with Crippen LogP contribution in [-0.2, 0) is 22.7 Å². The van der Waals surface area contributed by atoms with Gasteiger partial charge in [-0.05, 0) is 36.6 Å². The van der Waals surface area contributed by atoms with Crippen LogP contribution in [-0.4, -0.2) is 68.9 Å². The first-order valence-corrected chi connectivity index (χ1v) is 13.5. The number of aromatic nitrogens is 4. The highest BCUT2D eigenvalue weighted by Crippen LogP contribution is 2.29. The summed E-state index contributed by atoms with van der Waals surface area (Å²) in [6, 6.07) is 10.0. The van der Waals surface area contributed by atoms with E-state index in [1.54, 1.807) is 23.4 Å². The SMILES string of the molecule is CC(=O)c1nn(CC(=O)N(CC(=O)NCc2cccc(Cl)c2F)C2CC2)c2ccc(-c3cnc(N(C)C)nc3)cc12. The Bertz CT molecular complexity index is 1630. The molecule has 212 valence electrons. The van der Waals surface area contributed by atoms with Gasteiger partial charge >= 0.3 is 0 Å². The molecular formula is C29H29ClFN7O3. The van der Waals surface area contributed by atoms with Crippen molar-refractivity contribution in [2.24, 2.45) is 0 Å². The molecule has 0 saturated heterocycles. The van der Waals surface area contributed by atoms with E-state index in [9.17, 15) is 18.8 Å². The fourth-order valence-electron chi connectivity index (χ4n) is 4.56. The fourth-order valence-corrected chi connectivity index (χ4v) is 4.75. The third kappa shape index (κ3) is 6.19. The number of ketones is 1. The zero-order valence-corrected chi connectivity index (χ0v) is 23.7. The van der Waals surface area contributed by atoms with Crippen molar-refractivity contribution in [1.82, 2.24) is 30.0 Å². The van der Waals surface area contributed by atoms with Gasteiger partial charge in [-0.25, -0.2) is 14.4 Å². The van der Waals surface area contributed by atoms with Crippen LogP contribution >= 0.6 is 11.6 Å². The van der Waals surface area contributed by atoms with Gasteiger partial charge in [0.25, 0.3) is 0 Å². The Kier molecular flexibility index (Phi) is 7.98. The first-order valence-electron chi connectivity index (χ1n) is 13.1. The number of nitrogens with zero attached hydrogens (tertiary/aromatic N) is 6. The van der Waals surface area contributed by atoms with Crippen molar-refractivity contribution >= 4 is 46.0 Å². The molecule has 1 aliphatic carbocycles.